The second-order valence-corrected chi connectivity index (χ2v) is 6.02. The molecular formula is C17H17F3N4O4. The van der Waals surface area contributed by atoms with Gasteiger partial charge in [0.25, 0.3) is 5.56 Å². The number of rotatable bonds is 4. The molecule has 2 amide bonds. The Morgan fingerprint density at radius 3 is 2.82 bits per heavy atom. The SMILES string of the molecule is COc1cccc(OC(F)(F)F)c1CNC(=O)N1CCc2n[nH]c(=O)cc2C1. The minimum atomic E-state index is -4.87. The van der Waals surface area contributed by atoms with E-state index in [2.05, 4.69) is 20.3 Å². The van der Waals surface area contributed by atoms with Gasteiger partial charge in [0.2, 0.25) is 0 Å². The van der Waals surface area contributed by atoms with Crippen LogP contribution in [0.15, 0.2) is 29.1 Å². The van der Waals surface area contributed by atoms with E-state index in [0.717, 1.165) is 6.07 Å². The van der Waals surface area contributed by atoms with E-state index in [4.69, 9.17) is 4.74 Å². The second kappa shape index (κ2) is 7.79. The van der Waals surface area contributed by atoms with Crippen LogP contribution in [0.1, 0.15) is 16.8 Å². The third kappa shape index (κ3) is 4.53. The van der Waals surface area contributed by atoms with Gasteiger partial charge in [0.15, 0.2) is 0 Å². The first-order chi connectivity index (χ1) is 13.3. The molecule has 1 aliphatic rings. The van der Waals surface area contributed by atoms with Crippen molar-refractivity contribution in [3.63, 3.8) is 0 Å². The zero-order chi connectivity index (χ0) is 20.3. The lowest BCUT2D eigenvalue weighted by Crippen LogP contribution is -2.43. The summed E-state index contributed by atoms with van der Waals surface area (Å²) in [6.07, 6.45) is -4.42. The van der Waals surface area contributed by atoms with E-state index >= 15 is 0 Å². The average Bonchev–Trinajstić information content (AvgIpc) is 2.64. The van der Waals surface area contributed by atoms with E-state index in [0.29, 0.717) is 24.2 Å². The molecule has 0 radical (unpaired) electrons. The number of aromatic amines is 1. The summed E-state index contributed by atoms with van der Waals surface area (Å²) in [6.45, 7) is 0.302. The van der Waals surface area contributed by atoms with Gasteiger partial charge >= 0.3 is 12.4 Å². The van der Waals surface area contributed by atoms with E-state index in [-0.39, 0.29) is 30.0 Å². The predicted octanol–water partition coefficient (Wildman–Crippen LogP) is 1.95. The van der Waals surface area contributed by atoms with Gasteiger partial charge in [-0.25, -0.2) is 9.89 Å². The van der Waals surface area contributed by atoms with Gasteiger partial charge in [-0.3, -0.25) is 4.79 Å². The van der Waals surface area contributed by atoms with Crippen molar-refractivity contribution >= 4 is 6.03 Å². The summed E-state index contributed by atoms with van der Waals surface area (Å²) in [5.41, 5.74) is 1.02. The quantitative estimate of drug-likeness (QED) is 0.821. The van der Waals surface area contributed by atoms with Crippen LogP contribution in [0.25, 0.3) is 0 Å². The Morgan fingerprint density at radius 2 is 2.11 bits per heavy atom. The van der Waals surface area contributed by atoms with Crippen molar-refractivity contribution < 1.29 is 27.4 Å². The number of carbonyl (C=O) groups is 1. The normalized spacial score (nSPS) is 13.6. The molecule has 150 valence electrons. The lowest BCUT2D eigenvalue weighted by molar-refractivity contribution is -0.274. The number of aromatic nitrogens is 2. The molecular weight excluding hydrogens is 381 g/mol. The monoisotopic (exact) mass is 398 g/mol. The number of urea groups is 1. The number of methoxy groups -OCH3 is 1. The Kier molecular flexibility index (Phi) is 5.43. The maximum absolute atomic E-state index is 12.6. The minimum Gasteiger partial charge on any atom is -0.496 e. The maximum Gasteiger partial charge on any atom is 0.573 e. The molecule has 8 nitrogen and oxygen atoms in total. The molecule has 0 fully saturated rings. The van der Waals surface area contributed by atoms with Crippen molar-refractivity contribution in [3.05, 3.63) is 51.4 Å². The summed E-state index contributed by atoms with van der Waals surface area (Å²) >= 11 is 0. The van der Waals surface area contributed by atoms with E-state index in [1.807, 2.05) is 0 Å². The molecule has 0 bridgehead atoms. The first kappa shape index (κ1) is 19.5. The lowest BCUT2D eigenvalue weighted by atomic mass is 10.1. The maximum atomic E-state index is 12.6. The third-order valence-corrected chi connectivity index (χ3v) is 4.20. The van der Waals surface area contributed by atoms with Crippen LogP contribution in [0.5, 0.6) is 11.5 Å². The molecule has 1 aromatic heterocycles. The molecule has 2 aromatic rings. The molecule has 0 unspecified atom stereocenters. The van der Waals surface area contributed by atoms with Gasteiger partial charge in [-0.2, -0.15) is 5.10 Å². The Labute approximate surface area is 157 Å². The molecule has 2 heterocycles. The fourth-order valence-electron chi connectivity index (χ4n) is 2.93. The van der Waals surface area contributed by atoms with Crippen molar-refractivity contribution in [1.82, 2.24) is 20.4 Å². The van der Waals surface area contributed by atoms with Crippen LogP contribution in [0.3, 0.4) is 0 Å². The topological polar surface area (TPSA) is 96.6 Å². The largest absolute Gasteiger partial charge is 0.573 e. The average molecular weight is 398 g/mol. The van der Waals surface area contributed by atoms with Crippen molar-refractivity contribution in [2.45, 2.75) is 25.9 Å². The summed E-state index contributed by atoms with van der Waals surface area (Å²) < 4.78 is 47.0. The number of H-pyrrole nitrogens is 1. The van der Waals surface area contributed by atoms with E-state index in [1.54, 1.807) is 0 Å². The molecule has 1 aromatic carbocycles. The van der Waals surface area contributed by atoms with Crippen LogP contribution >= 0.6 is 0 Å². The molecule has 0 saturated carbocycles. The molecule has 0 saturated heterocycles. The number of nitrogens with zero attached hydrogens (tertiary/aromatic N) is 2. The Balaban J connectivity index is 1.72. The number of benzene rings is 1. The molecule has 0 aliphatic carbocycles. The van der Waals surface area contributed by atoms with Gasteiger partial charge in [0.1, 0.15) is 11.5 Å². The highest BCUT2D eigenvalue weighted by Crippen LogP contribution is 2.32. The smallest absolute Gasteiger partial charge is 0.496 e. The number of alkyl halides is 3. The zero-order valence-corrected chi connectivity index (χ0v) is 14.8. The molecule has 0 spiro atoms. The van der Waals surface area contributed by atoms with Gasteiger partial charge in [0.05, 0.1) is 24.9 Å². The van der Waals surface area contributed by atoms with Crippen LogP contribution < -0.4 is 20.3 Å². The summed E-state index contributed by atoms with van der Waals surface area (Å²) in [4.78, 5) is 25.3. The number of hydrogen-bond acceptors (Lipinski definition) is 5. The van der Waals surface area contributed by atoms with Crippen LogP contribution in [-0.2, 0) is 19.5 Å². The molecule has 3 rings (SSSR count). The van der Waals surface area contributed by atoms with Crippen molar-refractivity contribution in [2.24, 2.45) is 0 Å². The van der Waals surface area contributed by atoms with Gasteiger partial charge in [-0.1, -0.05) is 6.07 Å². The van der Waals surface area contributed by atoms with Crippen LogP contribution in [0, 0.1) is 0 Å². The van der Waals surface area contributed by atoms with Gasteiger partial charge in [0, 0.05) is 31.1 Å². The number of carbonyl (C=O) groups excluding carboxylic acids is 1. The van der Waals surface area contributed by atoms with Crippen LogP contribution in [-0.4, -0.2) is 41.1 Å². The second-order valence-electron chi connectivity index (χ2n) is 6.02. The lowest BCUT2D eigenvalue weighted by Gasteiger charge is -2.28. The number of halogens is 3. The summed E-state index contributed by atoms with van der Waals surface area (Å²) in [7, 11) is 1.31. The summed E-state index contributed by atoms with van der Waals surface area (Å²) in [5.74, 6) is -0.298. The number of hydrogen-bond donors (Lipinski definition) is 2. The van der Waals surface area contributed by atoms with Gasteiger partial charge in [-0.15, -0.1) is 13.2 Å². The van der Waals surface area contributed by atoms with E-state index in [1.165, 1.54) is 30.2 Å². The summed E-state index contributed by atoms with van der Waals surface area (Å²) in [5, 5.41) is 8.85. The third-order valence-electron chi connectivity index (χ3n) is 4.20. The molecule has 2 N–H and O–H groups in total. The van der Waals surface area contributed by atoms with E-state index < -0.39 is 18.1 Å². The first-order valence-electron chi connectivity index (χ1n) is 8.28. The number of amides is 2. The summed E-state index contributed by atoms with van der Waals surface area (Å²) in [6, 6.07) is 4.86. The standard InChI is InChI=1S/C17H17F3N4O4/c1-27-13-3-2-4-14(28-17(18,19)20)11(13)8-21-16(26)24-6-5-12-10(9-24)7-15(25)23-22-12/h2-4,7H,5-6,8-9H2,1H3,(H,21,26)(H,23,25). The zero-order valence-electron chi connectivity index (χ0n) is 14.8. The number of fused-ring (bicyclic) bond motifs is 1. The Morgan fingerprint density at radius 1 is 1.36 bits per heavy atom. The Hall–Kier alpha value is -3.24. The highest BCUT2D eigenvalue weighted by Gasteiger charge is 2.33. The fraction of sp³-hybridized carbons (Fsp3) is 0.353. The molecule has 28 heavy (non-hydrogen) atoms. The fourth-order valence-corrected chi connectivity index (χ4v) is 2.93. The van der Waals surface area contributed by atoms with Crippen LogP contribution in [0.4, 0.5) is 18.0 Å². The van der Waals surface area contributed by atoms with Crippen LogP contribution in [0.2, 0.25) is 0 Å². The van der Waals surface area contributed by atoms with E-state index in [9.17, 15) is 22.8 Å². The van der Waals surface area contributed by atoms with Gasteiger partial charge < -0.3 is 19.7 Å². The van der Waals surface area contributed by atoms with Gasteiger partial charge in [-0.05, 0) is 12.1 Å². The number of nitrogens with one attached hydrogen (secondary N) is 2. The number of ether oxygens (including phenoxy) is 2. The molecule has 11 heteroatoms. The van der Waals surface area contributed by atoms with Crippen molar-refractivity contribution in [2.75, 3.05) is 13.7 Å². The molecule has 1 aliphatic heterocycles. The highest BCUT2D eigenvalue weighted by atomic mass is 19.4. The van der Waals surface area contributed by atoms with Crippen molar-refractivity contribution in [3.8, 4) is 11.5 Å². The minimum absolute atomic E-state index is 0.0613. The first-order valence-corrected chi connectivity index (χ1v) is 8.28. The molecule has 0 atom stereocenters. The Bertz CT molecular complexity index is 929. The predicted molar refractivity (Wildman–Crippen MR) is 90.9 cm³/mol. The van der Waals surface area contributed by atoms with Crippen molar-refractivity contribution in [1.29, 1.82) is 0 Å². The highest BCUT2D eigenvalue weighted by molar-refractivity contribution is 5.74.